The maximum absolute atomic E-state index is 5.53. The fourth-order valence-corrected chi connectivity index (χ4v) is 4.89. The normalized spacial score (nSPS) is 24.1. The molecule has 19 heavy (non-hydrogen) atoms. The molecule has 3 rings (SSSR count). The Hall–Kier alpha value is -0.380. The Bertz CT molecular complexity index is 446. The molecule has 2 nitrogen and oxygen atoms in total. The maximum atomic E-state index is 5.53. The highest BCUT2D eigenvalue weighted by Gasteiger charge is 2.55. The van der Waals surface area contributed by atoms with Gasteiger partial charge in [-0.1, -0.05) is 34.1 Å². The second-order valence-corrected chi connectivity index (χ2v) is 7.11. The van der Waals surface area contributed by atoms with Crippen molar-refractivity contribution < 1.29 is 4.74 Å². The summed E-state index contributed by atoms with van der Waals surface area (Å²) < 4.78 is 6.79. The summed E-state index contributed by atoms with van der Waals surface area (Å²) in [5, 5.41) is 3.41. The van der Waals surface area contributed by atoms with Gasteiger partial charge in [0.15, 0.2) is 0 Å². The van der Waals surface area contributed by atoms with Crippen LogP contribution < -0.4 is 5.32 Å². The fraction of sp³-hybridized carbons (Fsp3) is 0.625. The SMILES string of the molecule is CNCC1(c2ccccc2Br)CC2(CCOCC2)C1. The number of nitrogens with one attached hydrogen (secondary N) is 1. The quantitative estimate of drug-likeness (QED) is 0.919. The molecule has 1 aromatic carbocycles. The van der Waals surface area contributed by atoms with Crippen molar-refractivity contribution in [2.45, 2.75) is 31.1 Å². The minimum absolute atomic E-state index is 0.312. The number of rotatable bonds is 3. The molecular weight excluding hydrogens is 302 g/mol. The van der Waals surface area contributed by atoms with Crippen LogP contribution in [0.15, 0.2) is 28.7 Å². The van der Waals surface area contributed by atoms with Crippen LogP contribution in [0.25, 0.3) is 0 Å². The molecule has 0 bridgehead atoms. The highest BCUT2D eigenvalue weighted by Crippen LogP contribution is 2.60. The summed E-state index contributed by atoms with van der Waals surface area (Å²) in [6.07, 6.45) is 5.07. The highest BCUT2D eigenvalue weighted by molar-refractivity contribution is 9.10. The third-order valence-electron chi connectivity index (χ3n) is 4.94. The number of likely N-dealkylation sites (N-methyl/N-ethyl adjacent to an activating group) is 1. The lowest BCUT2D eigenvalue weighted by Gasteiger charge is -2.58. The Morgan fingerprint density at radius 3 is 2.53 bits per heavy atom. The number of hydrogen-bond donors (Lipinski definition) is 1. The summed E-state index contributed by atoms with van der Waals surface area (Å²) in [5.41, 5.74) is 2.33. The molecule has 1 N–H and O–H groups in total. The van der Waals surface area contributed by atoms with E-state index in [9.17, 15) is 0 Å². The van der Waals surface area contributed by atoms with E-state index in [4.69, 9.17) is 4.74 Å². The van der Waals surface area contributed by atoms with E-state index in [2.05, 4.69) is 52.6 Å². The minimum atomic E-state index is 0.312. The van der Waals surface area contributed by atoms with Crippen molar-refractivity contribution in [2.24, 2.45) is 5.41 Å². The van der Waals surface area contributed by atoms with Gasteiger partial charge in [-0.25, -0.2) is 0 Å². The number of halogens is 1. The van der Waals surface area contributed by atoms with Gasteiger partial charge in [-0.15, -0.1) is 0 Å². The molecule has 0 radical (unpaired) electrons. The highest BCUT2D eigenvalue weighted by atomic mass is 79.9. The third kappa shape index (κ3) is 2.37. The van der Waals surface area contributed by atoms with Gasteiger partial charge in [0, 0.05) is 29.6 Å². The molecule has 2 aliphatic rings. The fourth-order valence-electron chi connectivity index (χ4n) is 4.18. The van der Waals surface area contributed by atoms with Crippen LogP contribution in [-0.2, 0) is 10.2 Å². The summed E-state index contributed by atoms with van der Waals surface area (Å²) in [6, 6.07) is 8.71. The van der Waals surface area contributed by atoms with E-state index < -0.39 is 0 Å². The molecule has 1 aliphatic heterocycles. The predicted octanol–water partition coefficient (Wildman–Crippen LogP) is 3.50. The first-order valence-electron chi connectivity index (χ1n) is 7.17. The molecule has 0 amide bonds. The zero-order valence-corrected chi connectivity index (χ0v) is 13.1. The molecule has 3 heteroatoms. The molecule has 1 saturated carbocycles. The van der Waals surface area contributed by atoms with E-state index in [0.717, 1.165) is 19.8 Å². The van der Waals surface area contributed by atoms with E-state index in [1.165, 1.54) is 35.7 Å². The zero-order chi connectivity index (χ0) is 13.3. The molecule has 1 heterocycles. The minimum Gasteiger partial charge on any atom is -0.381 e. The van der Waals surface area contributed by atoms with Crippen LogP contribution in [0.5, 0.6) is 0 Å². The Kier molecular flexibility index (Phi) is 3.71. The molecule has 1 spiro atoms. The van der Waals surface area contributed by atoms with Gasteiger partial charge >= 0.3 is 0 Å². The third-order valence-corrected chi connectivity index (χ3v) is 5.63. The maximum Gasteiger partial charge on any atom is 0.0471 e. The van der Waals surface area contributed by atoms with Crippen LogP contribution in [-0.4, -0.2) is 26.8 Å². The van der Waals surface area contributed by atoms with Gasteiger partial charge in [0.1, 0.15) is 0 Å². The van der Waals surface area contributed by atoms with Crippen molar-refractivity contribution in [3.63, 3.8) is 0 Å². The summed E-state index contributed by atoms with van der Waals surface area (Å²) >= 11 is 3.74. The van der Waals surface area contributed by atoms with Crippen LogP contribution in [0.4, 0.5) is 0 Å². The summed E-state index contributed by atoms with van der Waals surface area (Å²) in [7, 11) is 2.06. The lowest BCUT2D eigenvalue weighted by atomic mass is 9.48. The average molecular weight is 324 g/mol. The Morgan fingerprint density at radius 2 is 1.89 bits per heavy atom. The molecule has 1 aliphatic carbocycles. The molecule has 0 atom stereocenters. The molecule has 1 saturated heterocycles. The standard InChI is InChI=1S/C16H22BrNO/c1-18-12-16(13-4-2-3-5-14(13)17)10-15(11-16)6-8-19-9-7-15/h2-5,18H,6-12H2,1H3. The predicted molar refractivity (Wildman–Crippen MR) is 81.5 cm³/mol. The van der Waals surface area contributed by atoms with Crippen molar-refractivity contribution in [1.82, 2.24) is 5.32 Å². The molecular formula is C16H22BrNO. The first-order valence-corrected chi connectivity index (χ1v) is 7.97. The van der Waals surface area contributed by atoms with Gasteiger partial charge in [-0.2, -0.15) is 0 Å². The number of benzene rings is 1. The van der Waals surface area contributed by atoms with Crippen LogP contribution in [0.1, 0.15) is 31.2 Å². The second kappa shape index (κ2) is 5.19. The smallest absolute Gasteiger partial charge is 0.0471 e. The molecule has 1 aromatic rings. The second-order valence-electron chi connectivity index (χ2n) is 6.26. The van der Waals surface area contributed by atoms with Crippen molar-refractivity contribution in [3.05, 3.63) is 34.3 Å². The van der Waals surface area contributed by atoms with Crippen molar-refractivity contribution in [2.75, 3.05) is 26.8 Å². The van der Waals surface area contributed by atoms with E-state index in [-0.39, 0.29) is 0 Å². The zero-order valence-electron chi connectivity index (χ0n) is 11.5. The van der Waals surface area contributed by atoms with E-state index in [0.29, 0.717) is 10.8 Å². The Balaban J connectivity index is 1.85. The van der Waals surface area contributed by atoms with Gasteiger partial charge in [0.05, 0.1) is 0 Å². The molecule has 0 aromatic heterocycles. The van der Waals surface area contributed by atoms with Gasteiger partial charge in [-0.3, -0.25) is 0 Å². The van der Waals surface area contributed by atoms with Gasteiger partial charge in [0.25, 0.3) is 0 Å². The topological polar surface area (TPSA) is 21.3 Å². The van der Waals surface area contributed by atoms with Gasteiger partial charge in [-0.05, 0) is 49.8 Å². The number of hydrogen-bond acceptors (Lipinski definition) is 2. The monoisotopic (exact) mass is 323 g/mol. The molecule has 104 valence electrons. The Morgan fingerprint density at radius 1 is 1.21 bits per heavy atom. The van der Waals surface area contributed by atoms with Crippen molar-refractivity contribution in [1.29, 1.82) is 0 Å². The first kappa shape index (κ1) is 13.6. The largest absolute Gasteiger partial charge is 0.381 e. The van der Waals surface area contributed by atoms with Crippen molar-refractivity contribution >= 4 is 15.9 Å². The van der Waals surface area contributed by atoms with Crippen LogP contribution in [0.2, 0.25) is 0 Å². The summed E-state index contributed by atoms with van der Waals surface area (Å²) in [5.74, 6) is 0. The summed E-state index contributed by atoms with van der Waals surface area (Å²) in [4.78, 5) is 0. The lowest BCUT2D eigenvalue weighted by molar-refractivity contribution is -0.0734. The summed E-state index contributed by atoms with van der Waals surface area (Å²) in [6.45, 7) is 2.97. The van der Waals surface area contributed by atoms with E-state index >= 15 is 0 Å². The van der Waals surface area contributed by atoms with Crippen LogP contribution >= 0.6 is 15.9 Å². The van der Waals surface area contributed by atoms with Crippen molar-refractivity contribution in [3.8, 4) is 0 Å². The Labute approximate surface area is 124 Å². The average Bonchev–Trinajstić information content (AvgIpc) is 2.38. The number of ether oxygens (including phenoxy) is 1. The lowest BCUT2D eigenvalue weighted by Crippen LogP contribution is -2.56. The van der Waals surface area contributed by atoms with Crippen LogP contribution in [0.3, 0.4) is 0 Å². The molecule has 0 unspecified atom stereocenters. The molecule has 2 fully saturated rings. The van der Waals surface area contributed by atoms with Crippen LogP contribution in [0, 0.1) is 5.41 Å². The van der Waals surface area contributed by atoms with E-state index in [1.807, 2.05) is 0 Å². The van der Waals surface area contributed by atoms with E-state index in [1.54, 1.807) is 0 Å². The van der Waals surface area contributed by atoms with Gasteiger partial charge < -0.3 is 10.1 Å². The first-order chi connectivity index (χ1) is 9.20. The van der Waals surface area contributed by atoms with Gasteiger partial charge in [0.2, 0.25) is 0 Å².